The Balaban J connectivity index is 1.68. The molecular weight excluding hydrogens is 328 g/mol. The van der Waals surface area contributed by atoms with Gasteiger partial charge in [0.2, 0.25) is 0 Å². The van der Waals surface area contributed by atoms with Crippen LogP contribution < -0.4 is 15.8 Å². The van der Waals surface area contributed by atoms with Crippen molar-refractivity contribution in [2.24, 2.45) is 5.92 Å². The highest BCUT2D eigenvalue weighted by Crippen LogP contribution is 2.25. The van der Waals surface area contributed by atoms with Crippen molar-refractivity contribution in [1.29, 1.82) is 0 Å². The topological polar surface area (TPSA) is 73.6 Å². The Labute approximate surface area is 154 Å². The lowest BCUT2D eigenvalue weighted by Crippen LogP contribution is -2.21. The molecular formula is C21H26N2O3. The van der Waals surface area contributed by atoms with Crippen molar-refractivity contribution in [1.82, 2.24) is 0 Å². The molecule has 2 aromatic carbocycles. The molecule has 0 aliphatic carbocycles. The normalized spacial score (nSPS) is 14.8. The maximum absolute atomic E-state index is 12.6. The summed E-state index contributed by atoms with van der Waals surface area (Å²) >= 11 is 0. The third kappa shape index (κ3) is 4.55. The molecule has 0 saturated carbocycles. The number of benzene rings is 2. The van der Waals surface area contributed by atoms with E-state index in [9.17, 15) is 4.79 Å². The Morgan fingerprint density at radius 1 is 1.15 bits per heavy atom. The van der Waals surface area contributed by atoms with E-state index in [1.54, 1.807) is 12.1 Å². The highest BCUT2D eigenvalue weighted by Gasteiger charge is 2.15. The quantitative estimate of drug-likeness (QED) is 0.798. The van der Waals surface area contributed by atoms with Crippen molar-refractivity contribution in [3.8, 4) is 5.75 Å². The Bertz CT molecular complexity index is 783. The maximum Gasteiger partial charge on any atom is 0.256 e. The van der Waals surface area contributed by atoms with Gasteiger partial charge < -0.3 is 20.5 Å². The third-order valence-corrected chi connectivity index (χ3v) is 4.77. The van der Waals surface area contributed by atoms with Crippen LogP contribution >= 0.6 is 0 Å². The monoisotopic (exact) mass is 354 g/mol. The average molecular weight is 354 g/mol. The van der Waals surface area contributed by atoms with Crippen LogP contribution in [0.1, 0.15) is 34.3 Å². The molecule has 138 valence electrons. The Morgan fingerprint density at radius 2 is 1.88 bits per heavy atom. The molecule has 0 radical (unpaired) electrons. The summed E-state index contributed by atoms with van der Waals surface area (Å²) in [5.41, 5.74) is 9.61. The number of hydrogen-bond donors (Lipinski definition) is 2. The SMILES string of the molecule is Cc1ccc(NC(=O)c2cc(N)ccc2C)cc1OCC1CCOCC1. The summed E-state index contributed by atoms with van der Waals surface area (Å²) in [6.07, 6.45) is 2.06. The number of hydrogen-bond acceptors (Lipinski definition) is 4. The highest BCUT2D eigenvalue weighted by atomic mass is 16.5. The number of carbonyl (C=O) groups excluding carboxylic acids is 1. The second-order valence-corrected chi connectivity index (χ2v) is 6.88. The summed E-state index contributed by atoms with van der Waals surface area (Å²) in [7, 11) is 0. The van der Waals surface area contributed by atoms with Crippen LogP contribution in [0.25, 0.3) is 0 Å². The van der Waals surface area contributed by atoms with Crippen molar-refractivity contribution in [3.05, 3.63) is 53.1 Å². The third-order valence-electron chi connectivity index (χ3n) is 4.77. The predicted octanol–water partition coefficient (Wildman–Crippen LogP) is 3.94. The number of ether oxygens (including phenoxy) is 2. The first-order valence-electron chi connectivity index (χ1n) is 9.01. The molecule has 0 aromatic heterocycles. The van der Waals surface area contributed by atoms with E-state index in [-0.39, 0.29) is 5.91 Å². The number of nitrogen functional groups attached to an aromatic ring is 1. The smallest absolute Gasteiger partial charge is 0.256 e. The molecule has 26 heavy (non-hydrogen) atoms. The first-order chi connectivity index (χ1) is 12.5. The Hall–Kier alpha value is -2.53. The Morgan fingerprint density at radius 3 is 2.65 bits per heavy atom. The van der Waals surface area contributed by atoms with E-state index in [1.165, 1.54) is 0 Å². The molecule has 0 spiro atoms. The van der Waals surface area contributed by atoms with Gasteiger partial charge in [-0.05, 0) is 61.9 Å². The number of nitrogens with one attached hydrogen (secondary N) is 1. The molecule has 5 heteroatoms. The van der Waals surface area contributed by atoms with Gasteiger partial charge in [0.05, 0.1) is 6.61 Å². The van der Waals surface area contributed by atoms with E-state index >= 15 is 0 Å². The molecule has 0 bridgehead atoms. The summed E-state index contributed by atoms with van der Waals surface area (Å²) < 4.78 is 11.4. The van der Waals surface area contributed by atoms with Gasteiger partial charge in [0.25, 0.3) is 5.91 Å². The molecule has 2 aromatic rings. The van der Waals surface area contributed by atoms with Gasteiger partial charge in [-0.1, -0.05) is 12.1 Å². The van der Waals surface area contributed by atoms with Gasteiger partial charge in [-0.2, -0.15) is 0 Å². The van der Waals surface area contributed by atoms with Crippen LogP contribution in [-0.4, -0.2) is 25.7 Å². The van der Waals surface area contributed by atoms with E-state index in [2.05, 4.69) is 5.32 Å². The zero-order chi connectivity index (χ0) is 18.5. The minimum Gasteiger partial charge on any atom is -0.493 e. The molecule has 1 saturated heterocycles. The number of carbonyl (C=O) groups is 1. The molecule has 1 aliphatic heterocycles. The highest BCUT2D eigenvalue weighted by molar-refractivity contribution is 6.05. The Kier molecular flexibility index (Phi) is 5.78. The zero-order valence-corrected chi connectivity index (χ0v) is 15.4. The van der Waals surface area contributed by atoms with Crippen molar-refractivity contribution >= 4 is 17.3 Å². The summed E-state index contributed by atoms with van der Waals surface area (Å²) in [5.74, 6) is 1.16. The number of amides is 1. The fraction of sp³-hybridized carbons (Fsp3) is 0.381. The second-order valence-electron chi connectivity index (χ2n) is 6.88. The average Bonchev–Trinajstić information content (AvgIpc) is 2.65. The van der Waals surface area contributed by atoms with E-state index in [1.807, 2.05) is 38.1 Å². The number of aryl methyl sites for hydroxylation is 2. The van der Waals surface area contributed by atoms with Crippen LogP contribution in [0.3, 0.4) is 0 Å². The molecule has 1 fully saturated rings. The summed E-state index contributed by atoms with van der Waals surface area (Å²) in [4.78, 5) is 12.6. The maximum atomic E-state index is 12.6. The van der Waals surface area contributed by atoms with E-state index in [4.69, 9.17) is 15.2 Å². The minimum atomic E-state index is -0.172. The van der Waals surface area contributed by atoms with Crippen LogP contribution in [0.2, 0.25) is 0 Å². The fourth-order valence-corrected chi connectivity index (χ4v) is 3.04. The van der Waals surface area contributed by atoms with Crippen molar-refractivity contribution < 1.29 is 14.3 Å². The lowest BCUT2D eigenvalue weighted by Gasteiger charge is -2.22. The molecule has 5 nitrogen and oxygen atoms in total. The van der Waals surface area contributed by atoms with Crippen molar-refractivity contribution in [3.63, 3.8) is 0 Å². The zero-order valence-electron chi connectivity index (χ0n) is 15.4. The molecule has 3 N–H and O–H groups in total. The van der Waals surface area contributed by atoms with Gasteiger partial charge in [0.1, 0.15) is 5.75 Å². The molecule has 1 heterocycles. The summed E-state index contributed by atoms with van der Waals surface area (Å²) in [6.45, 7) is 6.19. The van der Waals surface area contributed by atoms with E-state index in [0.29, 0.717) is 29.5 Å². The van der Waals surface area contributed by atoms with Crippen LogP contribution in [-0.2, 0) is 4.74 Å². The van der Waals surface area contributed by atoms with Gasteiger partial charge in [0.15, 0.2) is 0 Å². The summed E-state index contributed by atoms with van der Waals surface area (Å²) in [6, 6.07) is 11.1. The van der Waals surface area contributed by atoms with Gasteiger partial charge in [-0.3, -0.25) is 4.79 Å². The number of anilines is 2. The lowest BCUT2D eigenvalue weighted by molar-refractivity contribution is 0.0496. The molecule has 0 unspecified atom stereocenters. The van der Waals surface area contributed by atoms with Gasteiger partial charge in [-0.15, -0.1) is 0 Å². The largest absolute Gasteiger partial charge is 0.493 e. The molecule has 0 atom stereocenters. The van der Waals surface area contributed by atoms with Gasteiger partial charge in [0, 0.05) is 36.2 Å². The van der Waals surface area contributed by atoms with Gasteiger partial charge >= 0.3 is 0 Å². The van der Waals surface area contributed by atoms with Crippen LogP contribution in [0.15, 0.2) is 36.4 Å². The van der Waals surface area contributed by atoms with Gasteiger partial charge in [-0.25, -0.2) is 0 Å². The number of rotatable bonds is 5. The molecule has 1 aliphatic rings. The fourth-order valence-electron chi connectivity index (χ4n) is 3.04. The summed E-state index contributed by atoms with van der Waals surface area (Å²) in [5, 5.41) is 2.94. The lowest BCUT2D eigenvalue weighted by atomic mass is 10.0. The van der Waals surface area contributed by atoms with Crippen molar-refractivity contribution in [2.75, 3.05) is 30.9 Å². The van der Waals surface area contributed by atoms with Crippen LogP contribution in [0.5, 0.6) is 5.75 Å². The standard InChI is InChI=1S/C21H26N2O3/c1-14-3-5-17(22)11-19(14)21(24)23-18-6-4-15(2)20(12-18)26-13-16-7-9-25-10-8-16/h3-6,11-12,16H,7-10,13,22H2,1-2H3,(H,23,24). The molecule has 1 amide bonds. The second kappa shape index (κ2) is 8.23. The predicted molar refractivity (Wildman–Crippen MR) is 104 cm³/mol. The van der Waals surface area contributed by atoms with Crippen LogP contribution in [0.4, 0.5) is 11.4 Å². The van der Waals surface area contributed by atoms with Crippen molar-refractivity contribution in [2.45, 2.75) is 26.7 Å². The first kappa shape index (κ1) is 18.3. The van der Waals surface area contributed by atoms with E-state index in [0.717, 1.165) is 42.9 Å². The minimum absolute atomic E-state index is 0.172. The van der Waals surface area contributed by atoms with Crippen LogP contribution in [0, 0.1) is 19.8 Å². The molecule has 3 rings (SSSR count). The van der Waals surface area contributed by atoms with E-state index < -0.39 is 0 Å². The first-order valence-corrected chi connectivity index (χ1v) is 9.01. The number of nitrogens with two attached hydrogens (primary N) is 1.